The zero-order valence-electron chi connectivity index (χ0n) is 14.4. The molecule has 144 valence electrons. The molecule has 0 bridgehead atoms. The Hall–Kier alpha value is -2.77. The average molecular weight is 383 g/mol. The van der Waals surface area contributed by atoms with E-state index in [1.165, 1.54) is 36.3 Å². The SMILES string of the molecule is COc1cc(C(=O)N(Cc2ccc(F)cc2F)C2CC2)ccc1OC(F)F. The average Bonchev–Trinajstić information content (AvgIpc) is 3.45. The molecule has 27 heavy (non-hydrogen) atoms. The van der Waals surface area contributed by atoms with Crippen LogP contribution in [-0.2, 0) is 6.54 Å². The van der Waals surface area contributed by atoms with Gasteiger partial charge in [0.25, 0.3) is 5.91 Å². The van der Waals surface area contributed by atoms with Gasteiger partial charge in [0.2, 0.25) is 0 Å². The van der Waals surface area contributed by atoms with Crippen LogP contribution in [0.2, 0.25) is 0 Å². The highest BCUT2D eigenvalue weighted by atomic mass is 19.3. The lowest BCUT2D eigenvalue weighted by molar-refractivity contribution is -0.0512. The number of benzene rings is 2. The fourth-order valence-corrected chi connectivity index (χ4v) is 2.75. The Morgan fingerprint density at radius 3 is 2.48 bits per heavy atom. The smallest absolute Gasteiger partial charge is 0.387 e. The van der Waals surface area contributed by atoms with Crippen molar-refractivity contribution < 1.29 is 31.8 Å². The zero-order chi connectivity index (χ0) is 19.6. The number of alkyl halides is 2. The molecule has 2 aromatic rings. The Balaban J connectivity index is 1.85. The summed E-state index contributed by atoms with van der Waals surface area (Å²) in [5.74, 6) is -2.02. The molecule has 1 aliphatic carbocycles. The third-order valence-corrected chi connectivity index (χ3v) is 4.23. The molecule has 2 aromatic carbocycles. The number of nitrogens with zero attached hydrogens (tertiary/aromatic N) is 1. The second-order valence-electron chi connectivity index (χ2n) is 6.14. The van der Waals surface area contributed by atoms with Gasteiger partial charge in [-0.15, -0.1) is 0 Å². The van der Waals surface area contributed by atoms with Gasteiger partial charge in [-0.3, -0.25) is 4.79 Å². The summed E-state index contributed by atoms with van der Waals surface area (Å²) in [7, 11) is 1.27. The van der Waals surface area contributed by atoms with Crippen LogP contribution in [-0.4, -0.2) is 30.6 Å². The molecule has 4 nitrogen and oxygen atoms in total. The van der Waals surface area contributed by atoms with Gasteiger partial charge in [0.1, 0.15) is 11.6 Å². The largest absolute Gasteiger partial charge is 0.493 e. The molecule has 0 saturated heterocycles. The predicted molar refractivity (Wildman–Crippen MR) is 88.9 cm³/mol. The van der Waals surface area contributed by atoms with Gasteiger partial charge in [0.05, 0.1) is 7.11 Å². The Labute approximate surface area is 153 Å². The highest BCUT2D eigenvalue weighted by Crippen LogP contribution is 2.33. The third-order valence-electron chi connectivity index (χ3n) is 4.23. The van der Waals surface area contributed by atoms with Gasteiger partial charge in [0, 0.05) is 29.8 Å². The van der Waals surface area contributed by atoms with Crippen molar-refractivity contribution in [3.05, 3.63) is 59.2 Å². The summed E-state index contributed by atoms with van der Waals surface area (Å²) in [6.07, 6.45) is 1.55. The number of hydrogen-bond donors (Lipinski definition) is 0. The summed E-state index contributed by atoms with van der Waals surface area (Å²) < 4.78 is 61.3. The lowest BCUT2D eigenvalue weighted by atomic mass is 10.1. The maximum Gasteiger partial charge on any atom is 0.387 e. The molecule has 1 amide bonds. The Morgan fingerprint density at radius 1 is 1.15 bits per heavy atom. The molecule has 3 rings (SSSR count). The van der Waals surface area contributed by atoms with Crippen LogP contribution in [0.1, 0.15) is 28.8 Å². The van der Waals surface area contributed by atoms with Crippen molar-refractivity contribution in [2.45, 2.75) is 32.0 Å². The first kappa shape index (κ1) is 19.0. The molecule has 0 N–H and O–H groups in total. The monoisotopic (exact) mass is 383 g/mol. The number of rotatable bonds is 7. The van der Waals surface area contributed by atoms with E-state index in [9.17, 15) is 22.4 Å². The van der Waals surface area contributed by atoms with Crippen LogP contribution in [0.5, 0.6) is 11.5 Å². The second-order valence-corrected chi connectivity index (χ2v) is 6.14. The summed E-state index contributed by atoms with van der Waals surface area (Å²) in [4.78, 5) is 14.4. The van der Waals surface area contributed by atoms with Gasteiger partial charge < -0.3 is 14.4 Å². The summed E-state index contributed by atoms with van der Waals surface area (Å²) in [6.45, 7) is -3.04. The number of amides is 1. The molecule has 0 aliphatic heterocycles. The molecule has 0 aromatic heterocycles. The molecule has 0 radical (unpaired) electrons. The summed E-state index contributed by atoms with van der Waals surface area (Å²) in [6, 6.07) is 7.02. The molecule has 1 aliphatic rings. The van der Waals surface area contributed by atoms with Gasteiger partial charge >= 0.3 is 6.61 Å². The minimum Gasteiger partial charge on any atom is -0.493 e. The van der Waals surface area contributed by atoms with Crippen molar-refractivity contribution in [2.24, 2.45) is 0 Å². The third kappa shape index (κ3) is 4.50. The first-order chi connectivity index (χ1) is 12.9. The fraction of sp³-hybridized carbons (Fsp3) is 0.316. The van der Waals surface area contributed by atoms with Crippen molar-refractivity contribution in [2.75, 3.05) is 7.11 Å². The highest BCUT2D eigenvalue weighted by Gasteiger charge is 2.34. The number of halogens is 4. The van der Waals surface area contributed by atoms with E-state index in [1.807, 2.05) is 0 Å². The topological polar surface area (TPSA) is 38.8 Å². The quantitative estimate of drug-likeness (QED) is 0.666. The van der Waals surface area contributed by atoms with Crippen molar-refractivity contribution in [1.29, 1.82) is 0 Å². The van der Waals surface area contributed by atoms with Crippen molar-refractivity contribution >= 4 is 5.91 Å². The number of ether oxygens (including phenoxy) is 2. The van der Waals surface area contributed by atoms with Crippen LogP contribution in [0.25, 0.3) is 0 Å². The predicted octanol–water partition coefficient (Wildman–Crippen LogP) is 4.38. The molecule has 0 heterocycles. The lowest BCUT2D eigenvalue weighted by Crippen LogP contribution is -2.33. The molecular formula is C19H17F4NO3. The molecular weight excluding hydrogens is 366 g/mol. The molecule has 0 unspecified atom stereocenters. The second kappa shape index (κ2) is 7.85. The van der Waals surface area contributed by atoms with Gasteiger partial charge in [-0.1, -0.05) is 6.07 Å². The van der Waals surface area contributed by atoms with Crippen LogP contribution < -0.4 is 9.47 Å². The van der Waals surface area contributed by atoms with Crippen molar-refractivity contribution in [1.82, 2.24) is 4.90 Å². The van der Waals surface area contributed by atoms with Crippen LogP contribution in [0.4, 0.5) is 17.6 Å². The number of carbonyl (C=O) groups is 1. The van der Waals surface area contributed by atoms with Gasteiger partial charge in [-0.25, -0.2) is 8.78 Å². The molecule has 0 spiro atoms. The fourth-order valence-electron chi connectivity index (χ4n) is 2.75. The molecule has 0 atom stereocenters. The van der Waals surface area contributed by atoms with Crippen LogP contribution in [0.15, 0.2) is 36.4 Å². The van der Waals surface area contributed by atoms with Crippen molar-refractivity contribution in [3.8, 4) is 11.5 Å². The van der Waals surface area contributed by atoms with Gasteiger partial charge in [-0.05, 0) is 37.1 Å². The van der Waals surface area contributed by atoms with E-state index in [-0.39, 0.29) is 35.2 Å². The molecule has 8 heteroatoms. The summed E-state index contributed by atoms with van der Waals surface area (Å²) in [5.41, 5.74) is 0.393. The maximum absolute atomic E-state index is 14.0. The van der Waals surface area contributed by atoms with E-state index in [1.54, 1.807) is 0 Å². The Morgan fingerprint density at radius 2 is 1.89 bits per heavy atom. The minimum atomic E-state index is -3.02. The Kier molecular flexibility index (Phi) is 5.53. The Bertz CT molecular complexity index is 840. The number of carbonyl (C=O) groups excluding carboxylic acids is 1. The lowest BCUT2D eigenvalue weighted by Gasteiger charge is -2.23. The standard InChI is InChI=1S/C19H17F4NO3/c1-26-17-8-11(3-7-16(17)27-19(22)23)18(25)24(14-5-6-14)10-12-2-4-13(20)9-15(12)21/h2-4,7-9,14,19H,5-6,10H2,1H3. The van der Waals surface area contributed by atoms with E-state index in [0.29, 0.717) is 0 Å². The first-order valence-corrected chi connectivity index (χ1v) is 8.26. The number of methoxy groups -OCH3 is 1. The molecule has 1 fully saturated rings. The van der Waals surface area contributed by atoms with E-state index in [2.05, 4.69) is 4.74 Å². The van der Waals surface area contributed by atoms with E-state index in [0.717, 1.165) is 25.0 Å². The number of hydrogen-bond acceptors (Lipinski definition) is 3. The molecule has 1 saturated carbocycles. The van der Waals surface area contributed by atoms with Crippen LogP contribution in [0, 0.1) is 11.6 Å². The van der Waals surface area contributed by atoms with Crippen molar-refractivity contribution in [3.63, 3.8) is 0 Å². The zero-order valence-corrected chi connectivity index (χ0v) is 14.4. The van der Waals surface area contributed by atoms with E-state index < -0.39 is 24.2 Å². The van der Waals surface area contributed by atoms with Crippen LogP contribution in [0.3, 0.4) is 0 Å². The van der Waals surface area contributed by atoms with Gasteiger partial charge in [-0.2, -0.15) is 8.78 Å². The highest BCUT2D eigenvalue weighted by molar-refractivity contribution is 5.95. The first-order valence-electron chi connectivity index (χ1n) is 8.26. The van der Waals surface area contributed by atoms with E-state index >= 15 is 0 Å². The minimum absolute atomic E-state index is 0.00939. The summed E-state index contributed by atoms with van der Waals surface area (Å²) >= 11 is 0. The van der Waals surface area contributed by atoms with E-state index in [4.69, 9.17) is 4.74 Å². The summed E-state index contributed by atoms with van der Waals surface area (Å²) in [5, 5.41) is 0. The maximum atomic E-state index is 14.0. The normalized spacial score (nSPS) is 13.6. The van der Waals surface area contributed by atoms with Gasteiger partial charge in [0.15, 0.2) is 11.5 Å². The van der Waals surface area contributed by atoms with Crippen LogP contribution >= 0.6 is 0 Å².